The second-order valence-corrected chi connectivity index (χ2v) is 8.01. The fourth-order valence-corrected chi connectivity index (χ4v) is 4.42. The summed E-state index contributed by atoms with van der Waals surface area (Å²) >= 11 is 1.38. The number of aromatic nitrogens is 2. The maximum Gasteiger partial charge on any atom is 0.321 e. The summed E-state index contributed by atoms with van der Waals surface area (Å²) in [5.41, 5.74) is 1.19. The van der Waals surface area contributed by atoms with Crippen LogP contribution in [0.25, 0.3) is 0 Å². The van der Waals surface area contributed by atoms with Crippen molar-refractivity contribution >= 4 is 28.4 Å². The largest absolute Gasteiger partial charge is 0.353 e. The Morgan fingerprint density at radius 1 is 1.18 bits per heavy atom. The number of hydrogen-bond acceptors (Lipinski definition) is 5. The minimum absolute atomic E-state index is 0.0148. The molecule has 1 aliphatic carbocycles. The van der Waals surface area contributed by atoms with Gasteiger partial charge in [0, 0.05) is 24.9 Å². The Hall–Kier alpha value is -2.48. The first-order chi connectivity index (χ1) is 13.7. The third-order valence-electron chi connectivity index (χ3n) is 4.93. The molecule has 0 spiro atoms. The van der Waals surface area contributed by atoms with E-state index >= 15 is 0 Å². The number of rotatable bonds is 8. The van der Waals surface area contributed by atoms with E-state index < -0.39 is 0 Å². The molecule has 1 aliphatic rings. The van der Waals surface area contributed by atoms with Crippen molar-refractivity contribution < 1.29 is 9.59 Å². The van der Waals surface area contributed by atoms with E-state index in [9.17, 15) is 9.59 Å². The molecule has 1 heterocycles. The topological polar surface area (TPSA) is 96.0 Å². The summed E-state index contributed by atoms with van der Waals surface area (Å²) in [6, 6.07) is 10.1. The summed E-state index contributed by atoms with van der Waals surface area (Å²) in [6.45, 7) is 2.40. The van der Waals surface area contributed by atoms with Crippen LogP contribution in [0.3, 0.4) is 0 Å². The third-order valence-corrected chi connectivity index (χ3v) is 5.88. The van der Waals surface area contributed by atoms with Crippen molar-refractivity contribution in [3.63, 3.8) is 0 Å². The number of urea groups is 1. The van der Waals surface area contributed by atoms with E-state index in [1.807, 2.05) is 18.2 Å². The molecule has 0 saturated heterocycles. The molecule has 150 valence electrons. The highest BCUT2D eigenvalue weighted by Crippen LogP contribution is 2.31. The molecular weight excluding hydrogens is 374 g/mol. The summed E-state index contributed by atoms with van der Waals surface area (Å²) < 4.78 is 0. The van der Waals surface area contributed by atoms with Gasteiger partial charge in [0.15, 0.2) is 0 Å². The van der Waals surface area contributed by atoms with Gasteiger partial charge in [-0.3, -0.25) is 10.1 Å². The van der Waals surface area contributed by atoms with Crippen molar-refractivity contribution in [2.24, 2.45) is 0 Å². The number of carbonyl (C=O) groups is 2. The van der Waals surface area contributed by atoms with Gasteiger partial charge in [-0.25, -0.2) is 4.79 Å². The zero-order valence-corrected chi connectivity index (χ0v) is 16.9. The van der Waals surface area contributed by atoms with E-state index in [-0.39, 0.29) is 30.8 Å². The molecule has 28 heavy (non-hydrogen) atoms. The van der Waals surface area contributed by atoms with Crippen molar-refractivity contribution in [1.82, 2.24) is 20.8 Å². The molecule has 7 nitrogen and oxygen atoms in total. The lowest BCUT2D eigenvalue weighted by Crippen LogP contribution is -2.36. The molecule has 1 unspecified atom stereocenters. The second kappa shape index (κ2) is 10.2. The molecule has 0 bridgehead atoms. The van der Waals surface area contributed by atoms with E-state index in [0.29, 0.717) is 11.2 Å². The lowest BCUT2D eigenvalue weighted by Gasteiger charge is -2.12. The Morgan fingerprint density at radius 3 is 2.64 bits per heavy atom. The first kappa shape index (κ1) is 20.3. The Morgan fingerprint density at radius 2 is 1.93 bits per heavy atom. The van der Waals surface area contributed by atoms with Gasteiger partial charge in [-0.05, 0) is 24.8 Å². The van der Waals surface area contributed by atoms with E-state index in [1.54, 1.807) is 0 Å². The van der Waals surface area contributed by atoms with E-state index in [0.717, 1.165) is 24.3 Å². The Labute approximate surface area is 169 Å². The summed E-state index contributed by atoms with van der Waals surface area (Å²) in [4.78, 5) is 23.9. The average molecular weight is 402 g/mol. The highest BCUT2D eigenvalue weighted by Gasteiger charge is 2.19. The van der Waals surface area contributed by atoms with Crippen molar-refractivity contribution in [2.45, 2.75) is 57.4 Å². The van der Waals surface area contributed by atoms with Crippen molar-refractivity contribution in [3.05, 3.63) is 40.9 Å². The Bertz CT molecular complexity index is 774. The van der Waals surface area contributed by atoms with Gasteiger partial charge in [-0.15, -0.1) is 10.2 Å². The molecule has 1 aromatic heterocycles. The van der Waals surface area contributed by atoms with Gasteiger partial charge >= 0.3 is 6.03 Å². The number of nitrogens with one attached hydrogen (secondary N) is 3. The molecule has 1 aromatic carbocycles. The van der Waals surface area contributed by atoms with Crippen LogP contribution in [0.1, 0.15) is 61.9 Å². The molecule has 0 aliphatic heterocycles. The fraction of sp³-hybridized carbons (Fsp3) is 0.500. The van der Waals surface area contributed by atoms with Crippen LogP contribution in [0, 0.1) is 0 Å². The molecule has 1 atom stereocenters. The molecule has 2 aromatic rings. The predicted molar refractivity (Wildman–Crippen MR) is 111 cm³/mol. The number of anilines is 1. The highest BCUT2D eigenvalue weighted by molar-refractivity contribution is 7.15. The summed E-state index contributed by atoms with van der Waals surface area (Å²) in [7, 11) is 0. The maximum atomic E-state index is 12.0. The standard InChI is InChI=1S/C20H27N5O2S/c1-2-16(14-8-4-3-5-9-14)18-24-25-20(28-18)23-19(27)21-13-12-17(26)22-15-10-6-7-11-15/h3-5,8-9,15-16H,2,6-7,10-13H2,1H3,(H,22,26)(H2,21,23,25,27). The number of carbonyl (C=O) groups excluding carboxylic acids is 2. The van der Waals surface area contributed by atoms with Gasteiger partial charge in [0.2, 0.25) is 11.0 Å². The third kappa shape index (κ3) is 5.76. The highest BCUT2D eigenvalue weighted by atomic mass is 32.1. The normalized spacial score (nSPS) is 15.2. The van der Waals surface area contributed by atoms with Crippen molar-refractivity contribution in [3.8, 4) is 0 Å². The van der Waals surface area contributed by atoms with E-state index in [4.69, 9.17) is 0 Å². The fourth-order valence-electron chi connectivity index (χ4n) is 3.47. The van der Waals surface area contributed by atoms with Crippen LogP contribution in [0.4, 0.5) is 9.93 Å². The first-order valence-electron chi connectivity index (χ1n) is 9.88. The van der Waals surface area contributed by atoms with E-state index in [2.05, 4.69) is 45.2 Å². The molecular formula is C20H27N5O2S. The van der Waals surface area contributed by atoms with Gasteiger partial charge in [0.05, 0.1) is 0 Å². The van der Waals surface area contributed by atoms with Crippen LogP contribution in [-0.4, -0.2) is 34.7 Å². The van der Waals surface area contributed by atoms with Crippen LogP contribution in [0.5, 0.6) is 0 Å². The number of nitrogens with zero attached hydrogens (tertiary/aromatic N) is 2. The molecule has 1 fully saturated rings. The maximum absolute atomic E-state index is 12.0. The molecule has 3 amide bonds. The SMILES string of the molecule is CCC(c1ccccc1)c1nnc(NC(=O)NCCC(=O)NC2CCCC2)s1. The summed E-state index contributed by atoms with van der Waals surface area (Å²) in [5, 5.41) is 18.1. The zero-order valence-electron chi connectivity index (χ0n) is 16.1. The Balaban J connectivity index is 1.44. The van der Waals surface area contributed by atoms with E-state index in [1.165, 1.54) is 29.7 Å². The smallest absolute Gasteiger partial charge is 0.321 e. The molecule has 3 N–H and O–H groups in total. The quantitative estimate of drug-likeness (QED) is 0.629. The van der Waals surface area contributed by atoms with Gasteiger partial charge in [0.25, 0.3) is 0 Å². The lowest BCUT2D eigenvalue weighted by molar-refractivity contribution is -0.121. The second-order valence-electron chi connectivity index (χ2n) is 7.00. The molecule has 0 radical (unpaired) electrons. The average Bonchev–Trinajstić information content (AvgIpc) is 3.36. The van der Waals surface area contributed by atoms with Crippen LogP contribution in [-0.2, 0) is 4.79 Å². The van der Waals surface area contributed by atoms with Gasteiger partial charge in [0.1, 0.15) is 5.01 Å². The summed E-state index contributed by atoms with van der Waals surface area (Å²) in [6.07, 6.45) is 5.65. The van der Waals surface area contributed by atoms with Crippen LogP contribution in [0.15, 0.2) is 30.3 Å². The minimum atomic E-state index is -0.371. The predicted octanol–water partition coefficient (Wildman–Crippen LogP) is 3.65. The van der Waals surface area contributed by atoms with Crippen molar-refractivity contribution in [1.29, 1.82) is 0 Å². The van der Waals surface area contributed by atoms with Gasteiger partial charge in [-0.1, -0.05) is 61.4 Å². The van der Waals surface area contributed by atoms with Crippen LogP contribution < -0.4 is 16.0 Å². The zero-order chi connectivity index (χ0) is 19.8. The summed E-state index contributed by atoms with van der Waals surface area (Å²) in [5.74, 6) is 0.149. The molecule has 3 rings (SSSR count). The minimum Gasteiger partial charge on any atom is -0.353 e. The number of amides is 3. The Kier molecular flexibility index (Phi) is 7.36. The van der Waals surface area contributed by atoms with Crippen molar-refractivity contribution in [2.75, 3.05) is 11.9 Å². The number of hydrogen-bond donors (Lipinski definition) is 3. The first-order valence-corrected chi connectivity index (χ1v) is 10.7. The number of benzene rings is 1. The lowest BCUT2D eigenvalue weighted by atomic mass is 9.97. The van der Waals surface area contributed by atoms with Gasteiger partial charge in [-0.2, -0.15) is 0 Å². The van der Waals surface area contributed by atoms with Crippen LogP contribution >= 0.6 is 11.3 Å². The molecule has 1 saturated carbocycles. The van der Waals surface area contributed by atoms with Gasteiger partial charge < -0.3 is 10.6 Å². The monoisotopic (exact) mass is 401 g/mol. The van der Waals surface area contributed by atoms with Crippen LogP contribution in [0.2, 0.25) is 0 Å². The molecule has 8 heteroatoms.